The number of nitrogens with one attached hydrogen (secondary N) is 1. The van der Waals surface area contributed by atoms with Gasteiger partial charge in [0.15, 0.2) is 5.82 Å². The van der Waals surface area contributed by atoms with Crippen molar-refractivity contribution in [2.75, 3.05) is 11.7 Å². The summed E-state index contributed by atoms with van der Waals surface area (Å²) in [4.78, 5) is 26.9. The second-order valence-electron chi connectivity index (χ2n) is 4.04. The van der Waals surface area contributed by atoms with Gasteiger partial charge in [0.1, 0.15) is 6.67 Å². The van der Waals surface area contributed by atoms with Gasteiger partial charge in [0.2, 0.25) is 0 Å². The Bertz CT molecular complexity index is 732. The minimum Gasteiger partial charge on any atom is -0.390 e. The fraction of sp³-hybridized carbons (Fsp3) is 0.0909. The van der Waals surface area contributed by atoms with Gasteiger partial charge in [-0.2, -0.15) is 0 Å². The summed E-state index contributed by atoms with van der Waals surface area (Å²) in [6, 6.07) is 11.3. The molecule has 1 aliphatic heterocycles. The van der Waals surface area contributed by atoms with Crippen molar-refractivity contribution in [1.82, 2.24) is 10.4 Å². The van der Waals surface area contributed by atoms with Gasteiger partial charge in [-0.25, -0.2) is 20.4 Å². The van der Waals surface area contributed by atoms with E-state index < -0.39 is 6.72 Å². The molecule has 0 spiro atoms. The Hall–Kier alpha value is -1.57. The second kappa shape index (κ2) is 5.08. The summed E-state index contributed by atoms with van der Waals surface area (Å²) in [5.41, 5.74) is 3.71. The van der Waals surface area contributed by atoms with Gasteiger partial charge < -0.3 is 14.3 Å². The maximum absolute atomic E-state index is 9.22. The van der Waals surface area contributed by atoms with E-state index in [0.29, 0.717) is 5.82 Å². The van der Waals surface area contributed by atoms with Crippen LogP contribution in [0.3, 0.4) is 0 Å². The van der Waals surface area contributed by atoms with Gasteiger partial charge >= 0.3 is 12.7 Å². The van der Waals surface area contributed by atoms with Crippen LogP contribution in [0.25, 0.3) is 10.9 Å². The first kappa shape index (κ1) is 13.4. The second-order valence-corrected chi connectivity index (χ2v) is 6.63. The van der Waals surface area contributed by atoms with Crippen LogP contribution in [0.1, 0.15) is 0 Å². The van der Waals surface area contributed by atoms with Gasteiger partial charge in [-0.3, -0.25) is 0 Å². The molecule has 2 heterocycles. The number of benzene rings is 1. The number of fused-ring (bicyclic) bond motifs is 1. The maximum Gasteiger partial charge on any atom is 0.377 e. The lowest BCUT2D eigenvalue weighted by Gasteiger charge is -2.20. The smallest absolute Gasteiger partial charge is 0.377 e. The molecule has 9 heteroatoms. The van der Waals surface area contributed by atoms with E-state index in [2.05, 4.69) is 27.2 Å². The number of nitrogens with zero attached hydrogens (tertiary/aromatic N) is 3. The predicted octanol–water partition coefficient (Wildman–Crippen LogP) is 1.10. The third-order valence-corrected chi connectivity index (χ3v) is 3.27. The average Bonchev–Trinajstić information content (AvgIpc) is 2.84. The monoisotopic (exact) mass is 310 g/mol. The molecule has 0 radical (unpaired) electrons. The fourth-order valence-electron chi connectivity index (χ4n) is 1.85. The first-order chi connectivity index (χ1) is 9.53. The van der Waals surface area contributed by atoms with Gasteiger partial charge in [0, 0.05) is 17.2 Å². The van der Waals surface area contributed by atoms with Crippen molar-refractivity contribution in [1.29, 1.82) is 0 Å². The van der Waals surface area contributed by atoms with Gasteiger partial charge in [0.25, 0.3) is 0 Å². The quantitative estimate of drug-likeness (QED) is 0.716. The molecule has 0 saturated heterocycles. The summed E-state index contributed by atoms with van der Waals surface area (Å²) in [5.74, 6) is 0.531. The molecule has 0 saturated carbocycles. The van der Waals surface area contributed by atoms with Crippen LogP contribution in [0, 0.1) is 0 Å². The number of hydrazine groups is 1. The zero-order valence-corrected chi connectivity index (χ0v) is 11.9. The van der Waals surface area contributed by atoms with Crippen molar-refractivity contribution >= 4 is 41.3 Å². The highest BCUT2D eigenvalue weighted by molar-refractivity contribution is 8.06. The minimum absolute atomic E-state index is 0.00103. The zero-order chi connectivity index (χ0) is 14.2. The zero-order valence-electron chi connectivity index (χ0n) is 10.2. The summed E-state index contributed by atoms with van der Waals surface area (Å²) >= 11 is 4.45. The van der Waals surface area contributed by atoms with Crippen LogP contribution in [-0.2, 0) is 16.3 Å². The predicted molar refractivity (Wildman–Crippen MR) is 79.5 cm³/mol. The number of amidine groups is 1. The highest BCUT2D eigenvalue weighted by atomic mass is 32.5. The third kappa shape index (κ3) is 2.79. The number of hydrogen-bond donors (Lipinski definition) is 3. The van der Waals surface area contributed by atoms with Crippen LogP contribution in [0.5, 0.6) is 0 Å². The molecule has 1 aromatic carbocycles. The molecule has 104 valence electrons. The van der Waals surface area contributed by atoms with E-state index in [0.717, 1.165) is 10.9 Å². The molecule has 7 nitrogen and oxygen atoms in total. The lowest BCUT2D eigenvalue weighted by molar-refractivity contribution is 0.362. The van der Waals surface area contributed by atoms with E-state index >= 15 is 0 Å². The molecule has 3 rings (SSSR count). The van der Waals surface area contributed by atoms with Gasteiger partial charge in [-0.15, -0.1) is 0 Å². The molecule has 2 aromatic rings. The van der Waals surface area contributed by atoms with Crippen molar-refractivity contribution < 1.29 is 14.3 Å². The standard InChI is InChI=1S/C11H11N4O3PS/c16-19(17,20)18-11-12-7-13-15(11)10-6-5-8-3-1-2-4-9(8)14-10/h1-6,13H,7H2,(H2,16,17,20). The molecule has 1 aliphatic rings. The van der Waals surface area contributed by atoms with E-state index in [1.54, 1.807) is 6.07 Å². The Kier molecular flexibility index (Phi) is 3.41. The largest absolute Gasteiger partial charge is 0.390 e. The topological polar surface area (TPSA) is 90.2 Å². The summed E-state index contributed by atoms with van der Waals surface area (Å²) in [6.45, 7) is -3.58. The summed E-state index contributed by atoms with van der Waals surface area (Å²) < 4.78 is 4.89. The van der Waals surface area contributed by atoms with Gasteiger partial charge in [0.05, 0.1) is 5.52 Å². The van der Waals surface area contributed by atoms with Crippen molar-refractivity contribution in [3.8, 4) is 0 Å². The molecular formula is C11H11N4O3PS. The van der Waals surface area contributed by atoms with Crippen LogP contribution in [0.15, 0.2) is 41.4 Å². The van der Waals surface area contributed by atoms with Crippen LogP contribution in [-0.4, -0.2) is 27.5 Å². The van der Waals surface area contributed by atoms with Crippen molar-refractivity contribution in [2.24, 2.45) is 4.99 Å². The normalized spacial score (nSPS) is 15.5. The Labute approximate surface area is 119 Å². The number of para-hydroxylation sites is 1. The van der Waals surface area contributed by atoms with Crippen molar-refractivity contribution in [3.05, 3.63) is 36.4 Å². The molecule has 0 atom stereocenters. The molecule has 3 N–H and O–H groups in total. The lowest BCUT2D eigenvalue weighted by atomic mass is 10.2. The molecule has 0 bridgehead atoms. The Morgan fingerprint density at radius 3 is 2.85 bits per heavy atom. The lowest BCUT2D eigenvalue weighted by Crippen LogP contribution is -2.38. The molecule has 0 amide bonds. The minimum atomic E-state index is -3.83. The number of rotatable bonds is 2. The summed E-state index contributed by atoms with van der Waals surface area (Å²) in [7, 11) is 0. The molecule has 0 fully saturated rings. The van der Waals surface area contributed by atoms with E-state index in [-0.39, 0.29) is 12.7 Å². The van der Waals surface area contributed by atoms with Crippen molar-refractivity contribution in [3.63, 3.8) is 0 Å². The number of pyridine rings is 1. The number of anilines is 1. The number of aliphatic imine (C=N–C) groups is 1. The van der Waals surface area contributed by atoms with Crippen LogP contribution in [0.2, 0.25) is 0 Å². The first-order valence-corrected chi connectivity index (χ1v) is 8.34. The SMILES string of the molecule is OP(O)(=S)OC1=NCNN1c1ccc2ccccc2n1. The summed E-state index contributed by atoms with van der Waals surface area (Å²) in [5, 5.41) is 2.43. The van der Waals surface area contributed by atoms with Gasteiger partial charge in [-0.05, 0) is 18.2 Å². The van der Waals surface area contributed by atoms with E-state index in [1.165, 1.54) is 5.01 Å². The fourth-order valence-corrected chi connectivity index (χ4v) is 2.40. The maximum atomic E-state index is 9.22. The van der Waals surface area contributed by atoms with Gasteiger partial charge in [-0.1, -0.05) is 18.2 Å². The first-order valence-electron chi connectivity index (χ1n) is 5.72. The Morgan fingerprint density at radius 2 is 2.05 bits per heavy atom. The Morgan fingerprint density at radius 1 is 1.25 bits per heavy atom. The van der Waals surface area contributed by atoms with Crippen LogP contribution in [0.4, 0.5) is 5.82 Å². The molecule has 1 aromatic heterocycles. The molecule has 0 aliphatic carbocycles. The number of hydrogen-bond acceptors (Lipinski definition) is 6. The molecular weight excluding hydrogens is 299 g/mol. The Balaban J connectivity index is 1.94. The highest BCUT2D eigenvalue weighted by Gasteiger charge is 2.26. The van der Waals surface area contributed by atoms with E-state index in [9.17, 15) is 9.79 Å². The summed E-state index contributed by atoms with van der Waals surface area (Å²) in [6.07, 6.45) is 0. The van der Waals surface area contributed by atoms with E-state index in [1.807, 2.05) is 30.3 Å². The number of aromatic nitrogens is 1. The highest BCUT2D eigenvalue weighted by Crippen LogP contribution is 2.38. The molecule has 20 heavy (non-hydrogen) atoms. The van der Waals surface area contributed by atoms with E-state index in [4.69, 9.17) is 4.52 Å². The van der Waals surface area contributed by atoms with Crippen LogP contribution < -0.4 is 10.4 Å². The third-order valence-electron chi connectivity index (χ3n) is 2.65. The average molecular weight is 310 g/mol. The van der Waals surface area contributed by atoms with Crippen molar-refractivity contribution in [2.45, 2.75) is 0 Å². The molecule has 0 unspecified atom stereocenters. The van der Waals surface area contributed by atoms with Crippen LogP contribution >= 0.6 is 6.72 Å².